The highest BCUT2D eigenvalue weighted by molar-refractivity contribution is 7.89. The molecule has 0 aromatic carbocycles. The first-order chi connectivity index (χ1) is 7.67. The Morgan fingerprint density at radius 2 is 2.12 bits per heavy atom. The van der Waals surface area contributed by atoms with Crippen LogP contribution in [0.5, 0.6) is 0 Å². The minimum Gasteiger partial charge on any atom is -0.326 e. The van der Waals surface area contributed by atoms with Gasteiger partial charge in [0.25, 0.3) is 10.0 Å². The summed E-state index contributed by atoms with van der Waals surface area (Å²) in [5.74, 6) is -0.888. The molecule has 0 aliphatic heterocycles. The number of aromatic nitrogens is 1. The van der Waals surface area contributed by atoms with Crippen LogP contribution < -0.4 is 10.5 Å². The summed E-state index contributed by atoms with van der Waals surface area (Å²) in [4.78, 5) is 3.53. The van der Waals surface area contributed by atoms with Crippen molar-refractivity contribution in [1.29, 1.82) is 0 Å². The van der Waals surface area contributed by atoms with Crippen LogP contribution in [0.15, 0.2) is 23.4 Å². The van der Waals surface area contributed by atoms with Crippen molar-refractivity contribution in [2.75, 3.05) is 0 Å². The number of nitrogens with two attached hydrogens (primary N) is 1. The average molecular weight is 261 g/mol. The van der Waals surface area contributed by atoms with Gasteiger partial charge in [0.2, 0.25) is 5.03 Å². The Morgan fingerprint density at radius 3 is 2.59 bits per heavy atom. The maximum absolute atomic E-state index is 13.3. The Hall–Kier alpha value is -1.05. The quantitative estimate of drug-likeness (QED) is 0.832. The van der Waals surface area contributed by atoms with Crippen molar-refractivity contribution in [3.63, 3.8) is 0 Å². The normalized spacial score (nSPS) is 14.6. The molecule has 3 N–H and O–H groups in total. The summed E-state index contributed by atoms with van der Waals surface area (Å²) in [5, 5.41) is -0.617. The number of nitrogens with zero attached hydrogens (tertiary/aromatic N) is 1. The van der Waals surface area contributed by atoms with E-state index in [-0.39, 0.29) is 0 Å². The zero-order valence-corrected chi connectivity index (χ0v) is 10.8. The highest BCUT2D eigenvalue weighted by Crippen LogP contribution is 2.15. The van der Waals surface area contributed by atoms with Gasteiger partial charge in [-0.25, -0.2) is 22.5 Å². The standard InChI is InChI=1S/C10H16FN3O2S/c1-7(12)10(2,3)14-17(15,16)9-8(11)5-4-6-13-9/h4-7,14H,12H2,1-3H3. The van der Waals surface area contributed by atoms with Crippen molar-refractivity contribution < 1.29 is 12.8 Å². The maximum atomic E-state index is 13.3. The fourth-order valence-corrected chi connectivity index (χ4v) is 2.56. The van der Waals surface area contributed by atoms with Crippen molar-refractivity contribution >= 4 is 10.0 Å². The lowest BCUT2D eigenvalue weighted by Gasteiger charge is -2.29. The fraction of sp³-hybridized carbons (Fsp3) is 0.500. The van der Waals surface area contributed by atoms with Crippen molar-refractivity contribution in [2.24, 2.45) is 5.73 Å². The Balaban J connectivity index is 3.11. The Kier molecular flexibility index (Phi) is 3.85. The van der Waals surface area contributed by atoms with Crippen molar-refractivity contribution in [3.05, 3.63) is 24.1 Å². The van der Waals surface area contributed by atoms with Crippen LogP contribution in [0.25, 0.3) is 0 Å². The summed E-state index contributed by atoms with van der Waals surface area (Å²) in [6.07, 6.45) is 1.22. The van der Waals surface area contributed by atoms with Crippen LogP contribution in [-0.4, -0.2) is 25.0 Å². The van der Waals surface area contributed by atoms with Crippen LogP contribution in [0.3, 0.4) is 0 Å². The highest BCUT2D eigenvalue weighted by atomic mass is 32.2. The number of halogens is 1. The van der Waals surface area contributed by atoms with Crippen molar-refractivity contribution in [2.45, 2.75) is 37.4 Å². The zero-order valence-electron chi connectivity index (χ0n) is 9.94. The summed E-state index contributed by atoms with van der Waals surface area (Å²) in [7, 11) is -4.01. The molecule has 7 heteroatoms. The van der Waals surface area contributed by atoms with E-state index in [0.29, 0.717) is 0 Å². The molecule has 0 saturated carbocycles. The SMILES string of the molecule is CC(N)C(C)(C)NS(=O)(=O)c1ncccc1F. The molecule has 1 unspecified atom stereocenters. The predicted octanol–water partition coefficient (Wildman–Crippen LogP) is 0.625. The lowest BCUT2D eigenvalue weighted by molar-refractivity contribution is 0.385. The largest absolute Gasteiger partial charge is 0.326 e. The molecule has 1 heterocycles. The molecule has 0 amide bonds. The second kappa shape index (κ2) is 4.67. The summed E-state index contributed by atoms with van der Waals surface area (Å²) in [5.41, 5.74) is 4.77. The van der Waals surface area contributed by atoms with Gasteiger partial charge in [0, 0.05) is 17.8 Å². The lowest BCUT2D eigenvalue weighted by Crippen LogP contribution is -2.54. The van der Waals surface area contributed by atoms with Crippen molar-refractivity contribution in [1.82, 2.24) is 9.71 Å². The minimum absolute atomic E-state index is 0.427. The van der Waals surface area contributed by atoms with E-state index in [2.05, 4.69) is 9.71 Å². The van der Waals surface area contributed by atoms with Gasteiger partial charge in [-0.2, -0.15) is 0 Å². The molecule has 1 aromatic heterocycles. The predicted molar refractivity (Wildman–Crippen MR) is 62.2 cm³/mol. The molecule has 1 rings (SSSR count). The molecule has 96 valence electrons. The Labute approximate surface area is 100 Å². The van der Waals surface area contributed by atoms with Gasteiger partial charge in [-0.15, -0.1) is 0 Å². The van der Waals surface area contributed by atoms with Gasteiger partial charge in [-0.05, 0) is 32.9 Å². The van der Waals surface area contributed by atoms with Crippen LogP contribution in [0.4, 0.5) is 4.39 Å². The molecule has 0 bridgehead atoms. The molecule has 1 atom stereocenters. The second-order valence-corrected chi connectivity index (χ2v) is 6.00. The molecule has 0 spiro atoms. The van der Waals surface area contributed by atoms with Crippen LogP contribution in [-0.2, 0) is 10.0 Å². The summed E-state index contributed by atoms with van der Waals surface area (Å²) in [6, 6.07) is 1.94. The molecule has 0 saturated heterocycles. The number of pyridine rings is 1. The number of sulfonamides is 1. The van der Waals surface area contributed by atoms with Gasteiger partial charge in [0.15, 0.2) is 5.82 Å². The third-order valence-electron chi connectivity index (χ3n) is 2.52. The van der Waals surface area contributed by atoms with Gasteiger partial charge in [0.1, 0.15) is 0 Å². The van der Waals surface area contributed by atoms with E-state index in [1.165, 1.54) is 12.3 Å². The van der Waals surface area contributed by atoms with Crippen LogP contribution >= 0.6 is 0 Å². The van der Waals surface area contributed by atoms with E-state index in [1.54, 1.807) is 20.8 Å². The molecule has 0 radical (unpaired) electrons. The van der Waals surface area contributed by atoms with Gasteiger partial charge in [0.05, 0.1) is 0 Å². The molecular weight excluding hydrogens is 245 g/mol. The first-order valence-electron chi connectivity index (χ1n) is 5.07. The van der Waals surface area contributed by atoms with E-state index in [0.717, 1.165) is 6.07 Å². The molecule has 1 aromatic rings. The highest BCUT2D eigenvalue weighted by Gasteiger charge is 2.31. The summed E-state index contributed by atoms with van der Waals surface area (Å²) < 4.78 is 39.5. The van der Waals surface area contributed by atoms with Crippen LogP contribution in [0, 0.1) is 5.82 Å². The molecule has 5 nitrogen and oxygen atoms in total. The number of nitrogens with one attached hydrogen (secondary N) is 1. The average Bonchev–Trinajstić information content (AvgIpc) is 2.16. The van der Waals surface area contributed by atoms with Crippen molar-refractivity contribution in [3.8, 4) is 0 Å². The number of hydrogen-bond donors (Lipinski definition) is 2. The molecule has 0 aliphatic carbocycles. The van der Waals surface area contributed by atoms with E-state index in [1.807, 2.05) is 0 Å². The zero-order chi connectivity index (χ0) is 13.3. The smallest absolute Gasteiger partial charge is 0.261 e. The molecule has 0 fully saturated rings. The topological polar surface area (TPSA) is 85.1 Å². The summed E-state index contributed by atoms with van der Waals surface area (Å²) >= 11 is 0. The minimum atomic E-state index is -4.01. The van der Waals surface area contributed by atoms with Crippen LogP contribution in [0.2, 0.25) is 0 Å². The van der Waals surface area contributed by atoms with Gasteiger partial charge >= 0.3 is 0 Å². The third-order valence-corrected chi connectivity index (χ3v) is 4.12. The summed E-state index contributed by atoms with van der Waals surface area (Å²) in [6.45, 7) is 4.91. The van der Waals surface area contributed by atoms with E-state index < -0.39 is 32.4 Å². The first kappa shape index (κ1) is 14.0. The Morgan fingerprint density at radius 1 is 1.53 bits per heavy atom. The fourth-order valence-electron chi connectivity index (χ4n) is 1.06. The molecule has 0 aliphatic rings. The maximum Gasteiger partial charge on any atom is 0.261 e. The van der Waals surface area contributed by atoms with E-state index in [9.17, 15) is 12.8 Å². The van der Waals surface area contributed by atoms with Gasteiger partial charge < -0.3 is 5.73 Å². The number of rotatable bonds is 4. The third kappa shape index (κ3) is 3.21. The monoisotopic (exact) mass is 261 g/mol. The number of hydrogen-bond acceptors (Lipinski definition) is 4. The lowest BCUT2D eigenvalue weighted by atomic mass is 9.99. The first-order valence-corrected chi connectivity index (χ1v) is 6.55. The van der Waals surface area contributed by atoms with Crippen LogP contribution in [0.1, 0.15) is 20.8 Å². The van der Waals surface area contributed by atoms with E-state index >= 15 is 0 Å². The van der Waals surface area contributed by atoms with Gasteiger partial charge in [-0.1, -0.05) is 0 Å². The Bertz CT molecular complexity index is 500. The second-order valence-electron chi connectivity index (χ2n) is 4.41. The van der Waals surface area contributed by atoms with Gasteiger partial charge in [-0.3, -0.25) is 0 Å². The van der Waals surface area contributed by atoms with E-state index in [4.69, 9.17) is 5.73 Å². The molecular formula is C10H16FN3O2S. The molecule has 17 heavy (non-hydrogen) atoms.